The monoisotopic (exact) mass is 263 g/mol. The highest BCUT2D eigenvalue weighted by Crippen LogP contribution is 2.28. The fraction of sp³-hybridized carbons (Fsp3) is 0.533. The van der Waals surface area contributed by atoms with E-state index in [0.29, 0.717) is 12.6 Å². The van der Waals surface area contributed by atoms with Gasteiger partial charge in [0.2, 0.25) is 0 Å². The van der Waals surface area contributed by atoms with E-state index >= 15 is 0 Å². The van der Waals surface area contributed by atoms with Crippen LogP contribution in [0.25, 0.3) is 0 Å². The molecule has 2 rings (SSSR count). The van der Waals surface area contributed by atoms with Crippen LogP contribution in [0.5, 0.6) is 0 Å². The van der Waals surface area contributed by atoms with E-state index in [4.69, 9.17) is 0 Å². The van der Waals surface area contributed by atoms with E-state index in [2.05, 4.69) is 29.5 Å². The van der Waals surface area contributed by atoms with Gasteiger partial charge in [0.05, 0.1) is 0 Å². The minimum atomic E-state index is -0.182. The van der Waals surface area contributed by atoms with Gasteiger partial charge in [-0.3, -0.25) is 4.99 Å². The molecule has 0 aromatic heterocycles. The SMILES string of the molecule is CCNC(=NCCc1cccc(F)c1)NC1CC1C. The minimum Gasteiger partial charge on any atom is -0.357 e. The number of nitrogens with one attached hydrogen (secondary N) is 2. The lowest BCUT2D eigenvalue weighted by Crippen LogP contribution is -2.39. The molecule has 104 valence electrons. The summed E-state index contributed by atoms with van der Waals surface area (Å²) in [7, 11) is 0. The van der Waals surface area contributed by atoms with Crippen LogP contribution in [0.3, 0.4) is 0 Å². The van der Waals surface area contributed by atoms with E-state index < -0.39 is 0 Å². The average Bonchev–Trinajstić information content (AvgIpc) is 3.05. The van der Waals surface area contributed by atoms with Crippen LogP contribution in [-0.2, 0) is 6.42 Å². The van der Waals surface area contributed by atoms with Crippen LogP contribution in [0.4, 0.5) is 4.39 Å². The highest BCUT2D eigenvalue weighted by atomic mass is 19.1. The number of guanidine groups is 1. The zero-order chi connectivity index (χ0) is 13.7. The zero-order valence-corrected chi connectivity index (χ0v) is 11.6. The molecule has 19 heavy (non-hydrogen) atoms. The molecule has 1 aromatic carbocycles. The van der Waals surface area contributed by atoms with E-state index in [-0.39, 0.29) is 5.82 Å². The van der Waals surface area contributed by atoms with Crippen molar-refractivity contribution in [2.75, 3.05) is 13.1 Å². The summed E-state index contributed by atoms with van der Waals surface area (Å²) in [6, 6.07) is 7.27. The Hall–Kier alpha value is -1.58. The fourth-order valence-corrected chi connectivity index (χ4v) is 2.01. The molecule has 0 bridgehead atoms. The lowest BCUT2D eigenvalue weighted by Gasteiger charge is -2.10. The second kappa shape index (κ2) is 6.55. The maximum absolute atomic E-state index is 13.0. The number of nitrogens with zero attached hydrogens (tertiary/aromatic N) is 1. The van der Waals surface area contributed by atoms with Crippen molar-refractivity contribution in [1.82, 2.24) is 10.6 Å². The Morgan fingerprint density at radius 3 is 2.89 bits per heavy atom. The van der Waals surface area contributed by atoms with Gasteiger partial charge in [0.15, 0.2) is 5.96 Å². The number of hydrogen-bond acceptors (Lipinski definition) is 1. The Labute approximate surface area is 114 Å². The van der Waals surface area contributed by atoms with Crippen LogP contribution in [0.15, 0.2) is 29.3 Å². The van der Waals surface area contributed by atoms with Gasteiger partial charge in [-0.25, -0.2) is 4.39 Å². The van der Waals surface area contributed by atoms with Crippen molar-refractivity contribution in [3.05, 3.63) is 35.6 Å². The second-order valence-corrected chi connectivity index (χ2v) is 5.10. The lowest BCUT2D eigenvalue weighted by atomic mass is 10.1. The van der Waals surface area contributed by atoms with Gasteiger partial charge in [0, 0.05) is 19.1 Å². The lowest BCUT2D eigenvalue weighted by molar-refractivity contribution is 0.625. The first-order valence-electron chi connectivity index (χ1n) is 6.98. The third-order valence-corrected chi connectivity index (χ3v) is 3.34. The average molecular weight is 263 g/mol. The predicted molar refractivity (Wildman–Crippen MR) is 76.8 cm³/mol. The molecule has 2 N–H and O–H groups in total. The number of aliphatic imine (C=N–C) groups is 1. The van der Waals surface area contributed by atoms with Crippen molar-refractivity contribution >= 4 is 5.96 Å². The molecule has 1 saturated carbocycles. The van der Waals surface area contributed by atoms with Crippen molar-refractivity contribution in [1.29, 1.82) is 0 Å². The first-order chi connectivity index (χ1) is 9.19. The van der Waals surface area contributed by atoms with Gasteiger partial charge in [-0.05, 0) is 43.4 Å². The highest BCUT2D eigenvalue weighted by molar-refractivity contribution is 5.80. The zero-order valence-electron chi connectivity index (χ0n) is 11.6. The molecule has 3 nitrogen and oxygen atoms in total. The predicted octanol–water partition coefficient (Wildman–Crippen LogP) is 2.33. The summed E-state index contributed by atoms with van der Waals surface area (Å²) in [5.41, 5.74) is 0.986. The topological polar surface area (TPSA) is 36.4 Å². The summed E-state index contributed by atoms with van der Waals surface area (Å²) in [5.74, 6) is 1.43. The van der Waals surface area contributed by atoms with E-state index in [0.717, 1.165) is 30.4 Å². The number of halogens is 1. The first-order valence-corrected chi connectivity index (χ1v) is 6.98. The highest BCUT2D eigenvalue weighted by Gasteiger charge is 2.33. The Bertz CT molecular complexity index is 445. The van der Waals surface area contributed by atoms with Gasteiger partial charge in [-0.15, -0.1) is 0 Å². The molecule has 2 atom stereocenters. The molecule has 0 radical (unpaired) electrons. The second-order valence-electron chi connectivity index (χ2n) is 5.10. The van der Waals surface area contributed by atoms with Crippen molar-refractivity contribution < 1.29 is 4.39 Å². The molecule has 2 unspecified atom stereocenters. The van der Waals surface area contributed by atoms with E-state index in [1.807, 2.05) is 6.07 Å². The molecule has 1 aliphatic carbocycles. The number of hydrogen-bond donors (Lipinski definition) is 2. The summed E-state index contributed by atoms with van der Waals surface area (Å²) >= 11 is 0. The van der Waals surface area contributed by atoms with E-state index in [1.54, 1.807) is 12.1 Å². The van der Waals surface area contributed by atoms with Crippen molar-refractivity contribution in [3.63, 3.8) is 0 Å². The summed E-state index contributed by atoms with van der Waals surface area (Å²) in [5, 5.41) is 6.64. The summed E-state index contributed by atoms with van der Waals surface area (Å²) in [6.45, 7) is 5.81. The largest absolute Gasteiger partial charge is 0.357 e. The Kier molecular flexibility index (Phi) is 4.77. The maximum Gasteiger partial charge on any atom is 0.191 e. The molecule has 1 aromatic rings. The summed E-state index contributed by atoms with van der Waals surface area (Å²) < 4.78 is 13.0. The van der Waals surface area contributed by atoms with Gasteiger partial charge >= 0.3 is 0 Å². The van der Waals surface area contributed by atoms with Crippen molar-refractivity contribution in [2.24, 2.45) is 10.9 Å². The van der Waals surface area contributed by atoms with Gasteiger partial charge in [0.1, 0.15) is 5.82 Å². The normalized spacial score (nSPS) is 22.2. The molecular weight excluding hydrogens is 241 g/mol. The number of rotatable bonds is 5. The third kappa shape index (κ3) is 4.54. The standard InChI is InChI=1S/C15H22FN3/c1-3-17-15(19-14-9-11(14)2)18-8-7-12-5-4-6-13(16)10-12/h4-6,10-11,14H,3,7-9H2,1-2H3,(H2,17,18,19). The molecule has 4 heteroatoms. The molecule has 0 saturated heterocycles. The quantitative estimate of drug-likeness (QED) is 0.632. The van der Waals surface area contributed by atoms with Crippen LogP contribution >= 0.6 is 0 Å². The molecule has 0 aliphatic heterocycles. The van der Waals surface area contributed by atoms with E-state index in [1.165, 1.54) is 12.5 Å². The Morgan fingerprint density at radius 1 is 1.47 bits per heavy atom. The molecule has 0 spiro atoms. The van der Waals surface area contributed by atoms with Crippen LogP contribution in [0, 0.1) is 11.7 Å². The number of benzene rings is 1. The van der Waals surface area contributed by atoms with E-state index in [9.17, 15) is 4.39 Å². The molecule has 0 heterocycles. The first kappa shape index (κ1) is 13.8. The van der Waals surface area contributed by atoms with Crippen LogP contribution < -0.4 is 10.6 Å². The van der Waals surface area contributed by atoms with Crippen LogP contribution in [0.1, 0.15) is 25.8 Å². The van der Waals surface area contributed by atoms with Gasteiger partial charge in [-0.2, -0.15) is 0 Å². The van der Waals surface area contributed by atoms with Crippen LogP contribution in [0.2, 0.25) is 0 Å². The van der Waals surface area contributed by atoms with Gasteiger partial charge in [-0.1, -0.05) is 19.1 Å². The fourth-order valence-electron chi connectivity index (χ4n) is 2.01. The maximum atomic E-state index is 13.0. The molecule has 1 aliphatic rings. The smallest absolute Gasteiger partial charge is 0.191 e. The van der Waals surface area contributed by atoms with Gasteiger partial charge < -0.3 is 10.6 Å². The Morgan fingerprint density at radius 2 is 2.26 bits per heavy atom. The van der Waals surface area contributed by atoms with Gasteiger partial charge in [0.25, 0.3) is 0 Å². The summed E-state index contributed by atoms with van der Waals surface area (Å²) in [6.07, 6.45) is 1.98. The van der Waals surface area contributed by atoms with Crippen LogP contribution in [-0.4, -0.2) is 25.1 Å². The minimum absolute atomic E-state index is 0.182. The summed E-state index contributed by atoms with van der Waals surface area (Å²) in [4.78, 5) is 4.52. The molecular formula is C15H22FN3. The Balaban J connectivity index is 1.83. The molecule has 0 amide bonds. The van der Waals surface area contributed by atoms with Crippen molar-refractivity contribution in [2.45, 2.75) is 32.7 Å². The molecule has 1 fully saturated rings. The third-order valence-electron chi connectivity index (χ3n) is 3.34. The van der Waals surface area contributed by atoms with Crippen molar-refractivity contribution in [3.8, 4) is 0 Å².